The molecule has 2 aromatic rings. The second-order valence-electron chi connectivity index (χ2n) is 3.97. The van der Waals surface area contributed by atoms with Gasteiger partial charge in [0, 0.05) is 19.3 Å². The van der Waals surface area contributed by atoms with E-state index >= 15 is 0 Å². The minimum atomic E-state index is -0.0329. The Kier molecular flexibility index (Phi) is 3.26. The molecule has 0 fully saturated rings. The number of anilines is 3. The molecule has 8 nitrogen and oxygen atoms in total. The number of aryl methyl sites for hydroxylation is 1. The first-order chi connectivity index (χ1) is 8.52. The molecule has 0 radical (unpaired) electrons. The molecule has 0 saturated heterocycles. The molecule has 0 aromatic carbocycles. The third-order valence-electron chi connectivity index (χ3n) is 1.93. The van der Waals surface area contributed by atoms with Gasteiger partial charge in [-0.3, -0.25) is 4.68 Å². The first-order valence-corrected chi connectivity index (χ1v) is 5.48. The van der Waals surface area contributed by atoms with Gasteiger partial charge in [-0.05, 0) is 13.8 Å². The summed E-state index contributed by atoms with van der Waals surface area (Å²) in [6, 6.07) is 1.99. The second kappa shape index (κ2) is 4.86. The van der Waals surface area contributed by atoms with E-state index in [-0.39, 0.29) is 18.1 Å². The molecule has 2 rings (SSSR count). The lowest BCUT2D eigenvalue weighted by Crippen LogP contribution is -2.11. The third kappa shape index (κ3) is 3.06. The Morgan fingerprint density at radius 1 is 1.33 bits per heavy atom. The van der Waals surface area contributed by atoms with E-state index in [1.54, 1.807) is 16.9 Å². The lowest BCUT2D eigenvalue weighted by molar-refractivity contribution is 0.222. The van der Waals surface area contributed by atoms with Crippen LogP contribution in [0.2, 0.25) is 0 Å². The van der Waals surface area contributed by atoms with Gasteiger partial charge < -0.3 is 15.8 Å². The first kappa shape index (κ1) is 12.1. The maximum absolute atomic E-state index is 5.59. The summed E-state index contributed by atoms with van der Waals surface area (Å²) >= 11 is 0. The van der Waals surface area contributed by atoms with Crippen molar-refractivity contribution >= 4 is 17.7 Å². The van der Waals surface area contributed by atoms with Crippen LogP contribution in [0.5, 0.6) is 6.01 Å². The molecule has 3 N–H and O–H groups in total. The van der Waals surface area contributed by atoms with Crippen LogP contribution in [0.15, 0.2) is 12.3 Å². The van der Waals surface area contributed by atoms with Gasteiger partial charge in [-0.2, -0.15) is 20.1 Å². The highest BCUT2D eigenvalue weighted by atomic mass is 16.5. The molecule has 0 unspecified atom stereocenters. The summed E-state index contributed by atoms with van der Waals surface area (Å²) in [6.07, 6.45) is 1.77. The van der Waals surface area contributed by atoms with Gasteiger partial charge in [-0.25, -0.2) is 0 Å². The average Bonchev–Trinajstić information content (AvgIpc) is 2.61. The predicted molar refractivity (Wildman–Crippen MR) is 66.5 cm³/mol. The highest BCUT2D eigenvalue weighted by Crippen LogP contribution is 2.14. The Bertz CT molecular complexity index is 537. The molecule has 0 aliphatic rings. The van der Waals surface area contributed by atoms with Crippen LogP contribution in [-0.2, 0) is 7.05 Å². The fourth-order valence-corrected chi connectivity index (χ4v) is 1.29. The van der Waals surface area contributed by atoms with Crippen LogP contribution >= 0.6 is 0 Å². The summed E-state index contributed by atoms with van der Waals surface area (Å²) < 4.78 is 7.04. The van der Waals surface area contributed by atoms with Crippen LogP contribution in [0.4, 0.5) is 17.7 Å². The number of nitrogens with one attached hydrogen (secondary N) is 1. The molecule has 0 amide bonds. The highest BCUT2D eigenvalue weighted by Gasteiger charge is 2.08. The normalized spacial score (nSPS) is 10.7. The molecular weight excluding hydrogens is 234 g/mol. The highest BCUT2D eigenvalue weighted by molar-refractivity contribution is 5.48. The lowest BCUT2D eigenvalue weighted by Gasteiger charge is -2.09. The van der Waals surface area contributed by atoms with Crippen molar-refractivity contribution in [3.63, 3.8) is 0 Å². The Balaban J connectivity index is 2.19. The number of ether oxygens (including phenoxy) is 1. The van der Waals surface area contributed by atoms with Gasteiger partial charge in [-0.1, -0.05) is 0 Å². The molecule has 0 aliphatic heterocycles. The number of nitrogens with zero attached hydrogens (tertiary/aromatic N) is 5. The van der Waals surface area contributed by atoms with Crippen LogP contribution in [0.1, 0.15) is 13.8 Å². The van der Waals surface area contributed by atoms with E-state index in [4.69, 9.17) is 10.5 Å². The van der Waals surface area contributed by atoms with Crippen molar-refractivity contribution in [2.45, 2.75) is 20.0 Å². The van der Waals surface area contributed by atoms with Crippen molar-refractivity contribution < 1.29 is 4.74 Å². The molecule has 96 valence electrons. The first-order valence-electron chi connectivity index (χ1n) is 5.48. The van der Waals surface area contributed by atoms with Crippen LogP contribution in [0.3, 0.4) is 0 Å². The zero-order chi connectivity index (χ0) is 13.1. The van der Waals surface area contributed by atoms with Gasteiger partial charge in [0.2, 0.25) is 11.9 Å². The van der Waals surface area contributed by atoms with E-state index < -0.39 is 0 Å². The maximum Gasteiger partial charge on any atom is 0.323 e. The van der Waals surface area contributed by atoms with E-state index in [2.05, 4.69) is 25.4 Å². The van der Waals surface area contributed by atoms with Crippen molar-refractivity contribution in [3.05, 3.63) is 12.3 Å². The van der Waals surface area contributed by atoms with Gasteiger partial charge in [-0.15, -0.1) is 0 Å². The lowest BCUT2D eigenvalue weighted by atomic mass is 10.5. The van der Waals surface area contributed by atoms with Gasteiger partial charge in [0.1, 0.15) is 0 Å². The summed E-state index contributed by atoms with van der Waals surface area (Å²) in [5.41, 5.74) is 5.59. The number of nitrogens with two attached hydrogens (primary N) is 1. The number of hydrogen-bond acceptors (Lipinski definition) is 7. The standard InChI is InChI=1S/C10H15N7O/c1-6(2)18-10-14-8(11)13-9(15-10)12-7-4-5-17(3)16-7/h4-6H,1-3H3,(H3,11,12,13,14,15,16). The Morgan fingerprint density at radius 2 is 2.11 bits per heavy atom. The minimum absolute atomic E-state index is 0.0329. The summed E-state index contributed by atoms with van der Waals surface area (Å²) in [7, 11) is 1.82. The van der Waals surface area contributed by atoms with E-state index in [0.29, 0.717) is 11.8 Å². The third-order valence-corrected chi connectivity index (χ3v) is 1.93. The molecule has 2 aromatic heterocycles. The number of aromatic nitrogens is 5. The molecule has 2 heterocycles. The van der Waals surface area contributed by atoms with E-state index in [9.17, 15) is 0 Å². The zero-order valence-corrected chi connectivity index (χ0v) is 10.5. The van der Waals surface area contributed by atoms with E-state index in [1.165, 1.54) is 0 Å². The molecule has 0 saturated carbocycles. The predicted octanol–water partition coefficient (Wildman–Crippen LogP) is 0.718. The number of rotatable bonds is 4. The maximum atomic E-state index is 5.59. The summed E-state index contributed by atoms with van der Waals surface area (Å²) in [5.74, 6) is 1.02. The Hall–Kier alpha value is -2.38. The Morgan fingerprint density at radius 3 is 2.72 bits per heavy atom. The largest absolute Gasteiger partial charge is 0.461 e. The topological polar surface area (TPSA) is 104 Å². The Labute approximate surface area is 104 Å². The quantitative estimate of drug-likeness (QED) is 0.822. The SMILES string of the molecule is CC(C)Oc1nc(N)nc(Nc2ccn(C)n2)n1. The van der Waals surface area contributed by atoms with Gasteiger partial charge in [0.15, 0.2) is 5.82 Å². The van der Waals surface area contributed by atoms with Crippen molar-refractivity contribution in [2.75, 3.05) is 11.1 Å². The van der Waals surface area contributed by atoms with E-state index in [0.717, 1.165) is 0 Å². The second-order valence-corrected chi connectivity index (χ2v) is 3.97. The average molecular weight is 249 g/mol. The van der Waals surface area contributed by atoms with Crippen LogP contribution in [-0.4, -0.2) is 30.8 Å². The summed E-state index contributed by atoms with van der Waals surface area (Å²) in [6.45, 7) is 3.76. The van der Waals surface area contributed by atoms with Crippen molar-refractivity contribution in [1.29, 1.82) is 0 Å². The molecule has 0 aliphatic carbocycles. The van der Waals surface area contributed by atoms with Crippen LogP contribution in [0, 0.1) is 0 Å². The van der Waals surface area contributed by atoms with Crippen molar-refractivity contribution in [1.82, 2.24) is 24.7 Å². The van der Waals surface area contributed by atoms with Gasteiger partial charge in [0.25, 0.3) is 0 Å². The fraction of sp³-hybridized carbons (Fsp3) is 0.400. The molecule has 0 spiro atoms. The van der Waals surface area contributed by atoms with Crippen LogP contribution in [0.25, 0.3) is 0 Å². The molecule has 0 bridgehead atoms. The molecule has 8 heteroatoms. The number of nitrogen functional groups attached to an aromatic ring is 1. The van der Waals surface area contributed by atoms with Crippen molar-refractivity contribution in [3.8, 4) is 6.01 Å². The van der Waals surface area contributed by atoms with Gasteiger partial charge >= 0.3 is 6.01 Å². The van der Waals surface area contributed by atoms with E-state index in [1.807, 2.05) is 20.9 Å². The smallest absolute Gasteiger partial charge is 0.323 e. The molecule has 0 atom stereocenters. The minimum Gasteiger partial charge on any atom is -0.461 e. The molecule has 18 heavy (non-hydrogen) atoms. The molecular formula is C10H15N7O. The van der Waals surface area contributed by atoms with Crippen molar-refractivity contribution in [2.24, 2.45) is 7.05 Å². The van der Waals surface area contributed by atoms with Gasteiger partial charge in [0.05, 0.1) is 6.10 Å². The fourth-order valence-electron chi connectivity index (χ4n) is 1.29. The monoisotopic (exact) mass is 249 g/mol. The summed E-state index contributed by atoms with van der Waals surface area (Å²) in [5, 5.41) is 7.07. The number of hydrogen-bond donors (Lipinski definition) is 2. The summed E-state index contributed by atoms with van der Waals surface area (Å²) in [4.78, 5) is 11.9. The zero-order valence-electron chi connectivity index (χ0n) is 10.5. The van der Waals surface area contributed by atoms with Crippen LogP contribution < -0.4 is 15.8 Å².